The number of aromatic nitrogens is 1. The molecule has 0 aliphatic rings. The predicted molar refractivity (Wildman–Crippen MR) is 205 cm³/mol. The van der Waals surface area contributed by atoms with Crippen LogP contribution < -0.4 is 4.90 Å². The van der Waals surface area contributed by atoms with Gasteiger partial charge in [0.15, 0.2) is 0 Å². The summed E-state index contributed by atoms with van der Waals surface area (Å²) >= 11 is 3.62. The first-order chi connectivity index (χ1) is 23.8. The number of para-hydroxylation sites is 1. The van der Waals surface area contributed by atoms with E-state index in [4.69, 9.17) is 9.40 Å². The van der Waals surface area contributed by atoms with E-state index in [1.807, 2.05) is 23.5 Å². The number of nitrogens with zero attached hydrogens (tertiary/aromatic N) is 2. The Morgan fingerprint density at radius 1 is 0.458 bits per heavy atom. The minimum atomic E-state index is 0.875. The zero-order valence-corrected chi connectivity index (χ0v) is 27.3. The molecule has 0 saturated heterocycles. The summed E-state index contributed by atoms with van der Waals surface area (Å²) in [4.78, 5) is 7.41. The van der Waals surface area contributed by atoms with Gasteiger partial charge in [0.2, 0.25) is 0 Å². The second-order valence-corrected chi connectivity index (χ2v) is 14.1. The normalized spacial score (nSPS) is 11.8. The zero-order valence-electron chi connectivity index (χ0n) is 25.6. The lowest BCUT2D eigenvalue weighted by atomic mass is 10.0. The van der Waals surface area contributed by atoms with Crippen molar-refractivity contribution in [2.45, 2.75) is 0 Å². The molecule has 10 rings (SSSR count). The minimum absolute atomic E-state index is 0.875. The number of hydrogen-bond acceptors (Lipinski definition) is 5. The molecule has 0 amide bonds. The van der Waals surface area contributed by atoms with Crippen LogP contribution in [0.4, 0.5) is 17.1 Å². The Morgan fingerprint density at radius 2 is 1.15 bits per heavy atom. The summed E-state index contributed by atoms with van der Waals surface area (Å²) in [5, 5.41) is 5.82. The molecule has 0 radical (unpaired) electrons. The monoisotopic (exact) mass is 650 g/mol. The number of furan rings is 1. The second kappa shape index (κ2) is 10.9. The lowest BCUT2D eigenvalue weighted by molar-refractivity contribution is 0.669. The summed E-state index contributed by atoms with van der Waals surface area (Å²) in [6, 6.07) is 56.0. The predicted octanol–water partition coefficient (Wildman–Crippen LogP) is 13.4. The quantitative estimate of drug-likeness (QED) is 0.186. The van der Waals surface area contributed by atoms with Crippen LogP contribution in [0.2, 0.25) is 0 Å². The van der Waals surface area contributed by atoms with E-state index in [2.05, 4.69) is 150 Å². The van der Waals surface area contributed by atoms with Gasteiger partial charge in [0.1, 0.15) is 16.2 Å². The van der Waals surface area contributed by atoms with Crippen LogP contribution in [0.5, 0.6) is 0 Å². The summed E-state index contributed by atoms with van der Waals surface area (Å²) in [5.74, 6) is 0. The summed E-state index contributed by atoms with van der Waals surface area (Å²) in [6.45, 7) is 0. The van der Waals surface area contributed by atoms with Crippen molar-refractivity contribution in [1.29, 1.82) is 0 Å². The first-order valence-corrected chi connectivity index (χ1v) is 17.6. The van der Waals surface area contributed by atoms with E-state index >= 15 is 0 Å². The van der Waals surface area contributed by atoms with Crippen LogP contribution in [0.1, 0.15) is 0 Å². The van der Waals surface area contributed by atoms with Crippen LogP contribution in [0.15, 0.2) is 162 Å². The topological polar surface area (TPSA) is 29.3 Å². The Kier molecular flexibility index (Phi) is 6.22. The lowest BCUT2D eigenvalue weighted by Crippen LogP contribution is -2.09. The Labute approximate surface area is 284 Å². The van der Waals surface area contributed by atoms with Gasteiger partial charge < -0.3 is 9.32 Å². The number of rotatable bonds is 5. The van der Waals surface area contributed by atoms with Gasteiger partial charge in [-0.2, -0.15) is 0 Å². The van der Waals surface area contributed by atoms with Crippen molar-refractivity contribution in [3.63, 3.8) is 0 Å². The molecule has 0 fully saturated rings. The van der Waals surface area contributed by atoms with Crippen molar-refractivity contribution < 1.29 is 4.42 Å². The minimum Gasteiger partial charge on any atom is -0.456 e. The molecular formula is C43H26N2OS2. The average molecular weight is 651 g/mol. The van der Waals surface area contributed by atoms with Crippen molar-refractivity contribution >= 4 is 92.1 Å². The SMILES string of the molecule is c1ccc(-c2cccc(N(c3ccc4c(c3)oc3ccccc34)c3ccc4sc5ccc6nc(-c7ccccc7)sc6c5c4c3)c2)cc1. The first-order valence-electron chi connectivity index (χ1n) is 15.9. The molecule has 0 aliphatic heterocycles. The summed E-state index contributed by atoms with van der Waals surface area (Å²) < 4.78 is 10.2. The second-order valence-electron chi connectivity index (χ2n) is 12.0. The Hall–Kier alpha value is -5.75. The van der Waals surface area contributed by atoms with Gasteiger partial charge >= 0.3 is 0 Å². The average Bonchev–Trinajstić information content (AvgIpc) is 3.85. The smallest absolute Gasteiger partial charge is 0.137 e. The van der Waals surface area contributed by atoms with Crippen molar-refractivity contribution in [2.75, 3.05) is 4.90 Å². The van der Waals surface area contributed by atoms with Gasteiger partial charge in [0, 0.05) is 59.6 Å². The molecule has 226 valence electrons. The maximum absolute atomic E-state index is 6.38. The van der Waals surface area contributed by atoms with Gasteiger partial charge in [-0.1, -0.05) is 91.0 Å². The lowest BCUT2D eigenvalue weighted by Gasteiger charge is -2.26. The van der Waals surface area contributed by atoms with E-state index in [9.17, 15) is 0 Å². The van der Waals surface area contributed by atoms with Crippen LogP contribution in [0.25, 0.3) is 74.0 Å². The Morgan fingerprint density at radius 3 is 2.02 bits per heavy atom. The van der Waals surface area contributed by atoms with Crippen LogP contribution in [-0.4, -0.2) is 4.98 Å². The van der Waals surface area contributed by atoms with E-state index in [0.29, 0.717) is 0 Å². The highest BCUT2D eigenvalue weighted by molar-refractivity contribution is 7.28. The standard InChI is InChI=1S/C43H26N2OS2/c1-3-10-27(11-4-1)29-14-9-15-30(24-29)45(32-18-20-34-33-16-7-8-17-37(33)46-38(34)26-32)31-19-22-39-35(25-31)41-40(47-39)23-21-36-42(41)48-43(44-36)28-12-5-2-6-13-28/h1-26H. The fraction of sp³-hybridized carbons (Fsp3) is 0. The molecule has 7 aromatic carbocycles. The highest BCUT2D eigenvalue weighted by Gasteiger charge is 2.19. The maximum Gasteiger partial charge on any atom is 0.137 e. The van der Waals surface area contributed by atoms with Crippen molar-refractivity contribution in [3.8, 4) is 21.7 Å². The summed E-state index contributed by atoms with van der Waals surface area (Å²) in [7, 11) is 0. The molecule has 3 aromatic heterocycles. The first kappa shape index (κ1) is 27.4. The third-order valence-electron chi connectivity index (χ3n) is 9.08. The number of thiophene rings is 1. The molecule has 0 saturated carbocycles. The number of benzene rings is 7. The molecule has 0 N–H and O–H groups in total. The Bertz CT molecular complexity index is 2790. The third-order valence-corrected chi connectivity index (χ3v) is 11.4. The van der Waals surface area contributed by atoms with E-state index in [1.165, 1.54) is 36.0 Å². The fourth-order valence-corrected chi connectivity index (χ4v) is 9.12. The van der Waals surface area contributed by atoms with Gasteiger partial charge in [-0.3, -0.25) is 0 Å². The molecule has 0 unspecified atom stereocenters. The molecule has 5 heteroatoms. The van der Waals surface area contributed by atoms with Gasteiger partial charge in [0.05, 0.1) is 10.2 Å². The molecule has 3 heterocycles. The number of hydrogen-bond donors (Lipinski definition) is 0. The van der Waals surface area contributed by atoms with E-state index in [-0.39, 0.29) is 0 Å². The van der Waals surface area contributed by atoms with Crippen molar-refractivity contribution in [2.24, 2.45) is 0 Å². The van der Waals surface area contributed by atoms with Gasteiger partial charge in [-0.15, -0.1) is 22.7 Å². The van der Waals surface area contributed by atoms with Gasteiger partial charge in [-0.05, 0) is 71.8 Å². The van der Waals surface area contributed by atoms with Gasteiger partial charge in [-0.25, -0.2) is 4.98 Å². The molecule has 0 bridgehead atoms. The molecule has 48 heavy (non-hydrogen) atoms. The van der Waals surface area contributed by atoms with Crippen LogP contribution >= 0.6 is 22.7 Å². The Balaban J connectivity index is 1.19. The number of anilines is 3. The third kappa shape index (κ3) is 4.43. The summed E-state index contributed by atoms with van der Waals surface area (Å²) in [5.41, 5.74) is 9.54. The zero-order chi connectivity index (χ0) is 31.6. The van der Waals surface area contributed by atoms with E-state index < -0.39 is 0 Å². The number of thiazole rings is 1. The van der Waals surface area contributed by atoms with E-state index in [1.54, 1.807) is 11.3 Å². The molecule has 10 aromatic rings. The highest BCUT2D eigenvalue weighted by atomic mass is 32.1. The van der Waals surface area contributed by atoms with Crippen molar-refractivity contribution in [1.82, 2.24) is 4.98 Å². The molecular weight excluding hydrogens is 625 g/mol. The van der Waals surface area contributed by atoms with Crippen molar-refractivity contribution in [3.05, 3.63) is 158 Å². The fourth-order valence-electron chi connectivity index (χ4n) is 6.83. The number of fused-ring (bicyclic) bond motifs is 8. The molecule has 0 aliphatic carbocycles. The van der Waals surface area contributed by atoms with Crippen LogP contribution in [-0.2, 0) is 0 Å². The molecule has 0 spiro atoms. The van der Waals surface area contributed by atoms with Crippen LogP contribution in [0, 0.1) is 0 Å². The summed E-state index contributed by atoms with van der Waals surface area (Å²) in [6.07, 6.45) is 0. The van der Waals surface area contributed by atoms with E-state index in [0.717, 1.165) is 55.1 Å². The maximum atomic E-state index is 6.38. The van der Waals surface area contributed by atoms with Crippen LogP contribution in [0.3, 0.4) is 0 Å². The molecule has 0 atom stereocenters. The largest absolute Gasteiger partial charge is 0.456 e. The molecule has 3 nitrogen and oxygen atoms in total. The van der Waals surface area contributed by atoms with Gasteiger partial charge in [0.25, 0.3) is 0 Å². The highest BCUT2D eigenvalue weighted by Crippen LogP contribution is 2.46.